The second kappa shape index (κ2) is 5.81. The highest BCUT2D eigenvalue weighted by atomic mass is 16.3. The van der Waals surface area contributed by atoms with Gasteiger partial charge in [-0.1, -0.05) is 12.1 Å². The van der Waals surface area contributed by atoms with Gasteiger partial charge in [0.1, 0.15) is 0 Å². The fourth-order valence-electron chi connectivity index (χ4n) is 2.77. The average molecular weight is 277 g/mol. The largest absolute Gasteiger partial charge is 0.399 e. The number of hydrogen-bond acceptors (Lipinski definition) is 4. The summed E-state index contributed by atoms with van der Waals surface area (Å²) in [4.78, 5) is 14.0. The Morgan fingerprint density at radius 1 is 1.50 bits per heavy atom. The molecule has 0 saturated carbocycles. The van der Waals surface area contributed by atoms with Crippen molar-refractivity contribution < 1.29 is 9.90 Å². The quantitative estimate of drug-likeness (QED) is 0.710. The van der Waals surface area contributed by atoms with Gasteiger partial charge in [0.2, 0.25) is 5.91 Å². The molecule has 0 spiro atoms. The van der Waals surface area contributed by atoms with Crippen LogP contribution in [0.4, 0.5) is 5.69 Å². The summed E-state index contributed by atoms with van der Waals surface area (Å²) in [5.74, 6) is 0.0713. The fourth-order valence-corrected chi connectivity index (χ4v) is 2.77. The zero-order valence-corrected chi connectivity index (χ0v) is 12.1. The average Bonchev–Trinajstić information content (AvgIpc) is 2.81. The number of nitrogens with one attached hydrogen (secondary N) is 1. The van der Waals surface area contributed by atoms with Crippen molar-refractivity contribution in [2.45, 2.75) is 19.4 Å². The number of nitrogens with zero attached hydrogens (tertiary/aromatic N) is 1. The van der Waals surface area contributed by atoms with Crippen LogP contribution in [0.2, 0.25) is 0 Å². The van der Waals surface area contributed by atoms with Gasteiger partial charge in [-0.25, -0.2) is 0 Å². The van der Waals surface area contributed by atoms with E-state index in [4.69, 9.17) is 5.73 Å². The summed E-state index contributed by atoms with van der Waals surface area (Å²) < 4.78 is 0. The lowest BCUT2D eigenvalue weighted by molar-refractivity contribution is -0.129. The van der Waals surface area contributed by atoms with Crippen LogP contribution in [-0.4, -0.2) is 42.6 Å². The third kappa shape index (κ3) is 3.11. The second-order valence-corrected chi connectivity index (χ2v) is 5.81. The lowest BCUT2D eigenvalue weighted by Crippen LogP contribution is -2.39. The molecule has 1 aliphatic rings. The summed E-state index contributed by atoms with van der Waals surface area (Å²) in [6.07, 6.45) is 0.267. The van der Waals surface area contributed by atoms with Crippen LogP contribution < -0.4 is 11.1 Å². The van der Waals surface area contributed by atoms with Gasteiger partial charge in [0.25, 0.3) is 0 Å². The van der Waals surface area contributed by atoms with Crippen LogP contribution in [0.5, 0.6) is 0 Å². The van der Waals surface area contributed by atoms with Crippen molar-refractivity contribution in [1.82, 2.24) is 10.2 Å². The van der Waals surface area contributed by atoms with Crippen LogP contribution in [0.1, 0.15) is 25.0 Å². The van der Waals surface area contributed by atoms with E-state index < -0.39 is 6.10 Å². The number of aliphatic hydroxyl groups is 1. The van der Waals surface area contributed by atoms with Gasteiger partial charge in [0.05, 0.1) is 11.5 Å². The van der Waals surface area contributed by atoms with Crippen LogP contribution >= 0.6 is 0 Å². The molecular formula is C15H23N3O2. The van der Waals surface area contributed by atoms with E-state index >= 15 is 0 Å². The molecule has 1 aliphatic heterocycles. The van der Waals surface area contributed by atoms with Gasteiger partial charge in [-0.2, -0.15) is 0 Å². The first-order valence-electron chi connectivity index (χ1n) is 6.93. The van der Waals surface area contributed by atoms with Crippen molar-refractivity contribution in [3.05, 3.63) is 29.8 Å². The molecule has 1 amide bonds. The first-order valence-corrected chi connectivity index (χ1v) is 6.93. The standard InChI is InChI=1S/C15H23N3O2/c1-15(14(20)17-2)7-8-18(10-15)9-13(19)11-3-5-12(16)6-4-11/h3-6,13,19H,7-10,16H2,1-2H3,(H,17,20). The van der Waals surface area contributed by atoms with E-state index in [-0.39, 0.29) is 11.3 Å². The Balaban J connectivity index is 1.95. The molecule has 0 aliphatic carbocycles. The molecule has 2 rings (SSSR count). The molecule has 1 aromatic carbocycles. The predicted molar refractivity (Wildman–Crippen MR) is 79.0 cm³/mol. The highest BCUT2D eigenvalue weighted by molar-refractivity contribution is 5.82. The molecule has 5 heteroatoms. The number of β-amino-alcohol motifs (C(OH)–C–C–N with tert-alkyl or cyclic N) is 1. The molecule has 0 aromatic heterocycles. The SMILES string of the molecule is CNC(=O)C1(C)CCN(CC(O)c2ccc(N)cc2)C1. The minimum absolute atomic E-state index is 0.0713. The maximum absolute atomic E-state index is 11.9. The molecule has 1 aromatic rings. The van der Waals surface area contributed by atoms with Crippen LogP contribution in [0.3, 0.4) is 0 Å². The van der Waals surface area contributed by atoms with Crippen molar-refractivity contribution in [1.29, 1.82) is 0 Å². The molecular weight excluding hydrogens is 254 g/mol. The topological polar surface area (TPSA) is 78.6 Å². The van der Waals surface area contributed by atoms with Crippen molar-refractivity contribution in [3.63, 3.8) is 0 Å². The Labute approximate surface area is 119 Å². The fraction of sp³-hybridized carbons (Fsp3) is 0.533. The van der Waals surface area contributed by atoms with E-state index in [1.165, 1.54) is 0 Å². The van der Waals surface area contributed by atoms with Gasteiger partial charge in [-0.3, -0.25) is 9.69 Å². The number of carbonyl (C=O) groups is 1. The third-order valence-corrected chi connectivity index (χ3v) is 4.08. The smallest absolute Gasteiger partial charge is 0.227 e. The van der Waals surface area contributed by atoms with Gasteiger partial charge in [-0.05, 0) is 37.6 Å². The van der Waals surface area contributed by atoms with E-state index in [2.05, 4.69) is 10.2 Å². The number of hydrogen-bond donors (Lipinski definition) is 3. The van der Waals surface area contributed by atoms with Crippen molar-refractivity contribution in [2.24, 2.45) is 5.41 Å². The Morgan fingerprint density at radius 3 is 2.75 bits per heavy atom. The number of carbonyl (C=O) groups excluding carboxylic acids is 1. The van der Waals surface area contributed by atoms with E-state index in [1.807, 2.05) is 19.1 Å². The van der Waals surface area contributed by atoms with Gasteiger partial charge in [-0.15, -0.1) is 0 Å². The van der Waals surface area contributed by atoms with Crippen molar-refractivity contribution in [3.8, 4) is 0 Å². The molecule has 110 valence electrons. The summed E-state index contributed by atoms with van der Waals surface area (Å²) in [5.41, 5.74) is 6.83. The highest BCUT2D eigenvalue weighted by Crippen LogP contribution is 2.31. The summed E-state index contributed by atoms with van der Waals surface area (Å²) in [6.45, 7) is 4.02. The zero-order valence-electron chi connectivity index (χ0n) is 12.1. The summed E-state index contributed by atoms with van der Waals surface area (Å²) in [7, 11) is 1.67. The molecule has 5 nitrogen and oxygen atoms in total. The first-order chi connectivity index (χ1) is 9.44. The number of amides is 1. The molecule has 1 fully saturated rings. The summed E-state index contributed by atoms with van der Waals surface area (Å²) in [6, 6.07) is 7.26. The molecule has 0 bridgehead atoms. The van der Waals surface area contributed by atoms with Gasteiger partial charge in [0, 0.05) is 25.8 Å². The van der Waals surface area contributed by atoms with E-state index in [0.717, 1.165) is 18.5 Å². The molecule has 0 radical (unpaired) electrons. The maximum Gasteiger partial charge on any atom is 0.227 e. The lowest BCUT2D eigenvalue weighted by Gasteiger charge is -2.24. The number of rotatable bonds is 4. The molecule has 20 heavy (non-hydrogen) atoms. The van der Waals surface area contributed by atoms with E-state index in [9.17, 15) is 9.90 Å². The predicted octanol–water partition coefficient (Wildman–Crippen LogP) is 0.760. The first kappa shape index (κ1) is 14.8. The van der Waals surface area contributed by atoms with Crippen LogP contribution in [0.15, 0.2) is 24.3 Å². The highest BCUT2D eigenvalue weighted by Gasteiger charge is 2.40. The molecule has 1 saturated heterocycles. The molecule has 2 atom stereocenters. The Hall–Kier alpha value is -1.59. The molecule has 2 unspecified atom stereocenters. The monoisotopic (exact) mass is 277 g/mol. The normalized spacial score (nSPS) is 24.6. The number of nitrogen functional groups attached to an aromatic ring is 1. The van der Waals surface area contributed by atoms with Gasteiger partial charge in [0.15, 0.2) is 0 Å². The number of anilines is 1. The van der Waals surface area contributed by atoms with E-state index in [1.54, 1.807) is 19.2 Å². The summed E-state index contributed by atoms with van der Waals surface area (Å²) >= 11 is 0. The van der Waals surface area contributed by atoms with Crippen molar-refractivity contribution in [2.75, 3.05) is 32.4 Å². The Morgan fingerprint density at radius 2 is 2.15 bits per heavy atom. The number of nitrogens with two attached hydrogens (primary N) is 1. The minimum Gasteiger partial charge on any atom is -0.399 e. The van der Waals surface area contributed by atoms with Crippen LogP contribution in [-0.2, 0) is 4.79 Å². The van der Waals surface area contributed by atoms with Gasteiger partial charge >= 0.3 is 0 Å². The molecule has 4 N–H and O–H groups in total. The van der Waals surface area contributed by atoms with E-state index in [0.29, 0.717) is 18.8 Å². The number of likely N-dealkylation sites (tertiary alicyclic amines) is 1. The Bertz CT molecular complexity index is 475. The third-order valence-electron chi connectivity index (χ3n) is 4.08. The molecule has 1 heterocycles. The summed E-state index contributed by atoms with van der Waals surface area (Å²) in [5, 5.41) is 13.0. The van der Waals surface area contributed by atoms with Crippen molar-refractivity contribution >= 4 is 11.6 Å². The second-order valence-electron chi connectivity index (χ2n) is 5.81. The number of benzene rings is 1. The minimum atomic E-state index is -0.553. The number of aliphatic hydroxyl groups excluding tert-OH is 1. The zero-order chi connectivity index (χ0) is 14.8. The van der Waals surface area contributed by atoms with Crippen LogP contribution in [0, 0.1) is 5.41 Å². The van der Waals surface area contributed by atoms with Crippen LogP contribution in [0.25, 0.3) is 0 Å². The maximum atomic E-state index is 11.9. The lowest BCUT2D eigenvalue weighted by atomic mass is 9.89. The Kier molecular flexibility index (Phi) is 4.30. The van der Waals surface area contributed by atoms with Gasteiger partial charge < -0.3 is 16.2 Å².